The Bertz CT molecular complexity index is 2130. The third kappa shape index (κ3) is 27.3. The first-order valence-corrected chi connectivity index (χ1v) is 26.9. The number of nitrogens with zero attached hydrogens (tertiary/aromatic N) is 1. The van der Waals surface area contributed by atoms with Crippen molar-refractivity contribution in [3.63, 3.8) is 0 Å². The van der Waals surface area contributed by atoms with Crippen LogP contribution in [0.1, 0.15) is 154 Å². The van der Waals surface area contributed by atoms with Crippen LogP contribution >= 0.6 is 0 Å². The second kappa shape index (κ2) is 37.7. The van der Waals surface area contributed by atoms with Gasteiger partial charge in [-0.3, -0.25) is 52.8 Å². The summed E-state index contributed by atoms with van der Waals surface area (Å²) in [4.78, 5) is 160. The van der Waals surface area contributed by atoms with Crippen LogP contribution in [-0.2, 0) is 68.8 Å². The van der Waals surface area contributed by atoms with Crippen molar-refractivity contribution >= 4 is 71.6 Å². The molecule has 2 rings (SSSR count). The Hall–Kier alpha value is -7.06. The van der Waals surface area contributed by atoms with Gasteiger partial charge in [-0.15, -0.1) is 0 Å². The number of carbonyl (C=O) groups excluding carboxylic acids is 12. The molecule has 0 aliphatic carbocycles. The van der Waals surface area contributed by atoms with E-state index in [1.807, 2.05) is 0 Å². The van der Waals surface area contributed by atoms with E-state index in [0.717, 1.165) is 37.0 Å². The van der Waals surface area contributed by atoms with E-state index in [0.29, 0.717) is 37.4 Å². The molecular formula is C52H83N11O15. The van der Waals surface area contributed by atoms with Crippen molar-refractivity contribution in [1.82, 2.24) is 37.0 Å². The monoisotopic (exact) mass is 1100 g/mol. The highest BCUT2D eigenvalue weighted by atomic mass is 16.7. The van der Waals surface area contributed by atoms with E-state index in [4.69, 9.17) is 27.8 Å². The number of aldehydes is 2. The molecule has 1 aromatic rings. The number of amides is 10. The van der Waals surface area contributed by atoms with Crippen LogP contribution in [0.5, 0.6) is 5.75 Å². The molecule has 2 unspecified atom stereocenters. The van der Waals surface area contributed by atoms with E-state index in [1.165, 1.54) is 56.4 Å². The van der Waals surface area contributed by atoms with Gasteiger partial charge in [0.1, 0.15) is 48.5 Å². The lowest BCUT2D eigenvalue weighted by atomic mass is 10.0. The molecule has 1 aliphatic rings. The topological polar surface area (TPSA) is 434 Å². The minimum absolute atomic E-state index is 0.0461. The zero-order valence-corrected chi connectivity index (χ0v) is 44.7. The number of phenols is 1. The number of aromatic hydroxyl groups is 1. The second-order valence-corrected chi connectivity index (χ2v) is 19.6. The molecule has 0 aromatic heterocycles. The number of primary amides is 4. The Labute approximate surface area is 454 Å². The number of likely N-dealkylation sites (tertiary alicyclic amines) is 1. The molecule has 1 aromatic carbocycles. The molecule has 8 atom stereocenters. The van der Waals surface area contributed by atoms with E-state index >= 15 is 0 Å². The molecule has 0 spiro atoms. The first kappa shape index (κ1) is 67.1. The summed E-state index contributed by atoms with van der Waals surface area (Å²) in [5.74, 6) is -8.89. The van der Waals surface area contributed by atoms with Crippen LogP contribution < -0.4 is 55.0 Å². The second-order valence-electron chi connectivity index (χ2n) is 19.6. The molecule has 0 radical (unpaired) electrons. The highest BCUT2D eigenvalue weighted by Gasteiger charge is 2.39. The van der Waals surface area contributed by atoms with Crippen LogP contribution in [0.2, 0.25) is 0 Å². The molecule has 26 heteroatoms. The molecule has 0 bridgehead atoms. The zero-order chi connectivity index (χ0) is 58.0. The Morgan fingerprint density at radius 3 is 1.64 bits per heavy atom. The largest absolute Gasteiger partial charge is 0.508 e. The van der Waals surface area contributed by atoms with Gasteiger partial charge in [-0.1, -0.05) is 96.1 Å². The molecule has 0 saturated carbocycles. The Kier molecular flexibility index (Phi) is 32.4. The fourth-order valence-corrected chi connectivity index (χ4v) is 8.67. The predicted molar refractivity (Wildman–Crippen MR) is 282 cm³/mol. The van der Waals surface area contributed by atoms with Crippen molar-refractivity contribution in [3.8, 4) is 5.75 Å². The number of hydrogen-bond donors (Lipinski definition) is 12. The summed E-state index contributed by atoms with van der Waals surface area (Å²) < 4.78 is 0. The minimum Gasteiger partial charge on any atom is -0.508 e. The fourth-order valence-electron chi connectivity index (χ4n) is 8.67. The van der Waals surface area contributed by atoms with Crippen LogP contribution in [0.25, 0.3) is 0 Å². The van der Waals surface area contributed by atoms with Crippen molar-refractivity contribution in [2.24, 2.45) is 22.9 Å². The van der Waals surface area contributed by atoms with Gasteiger partial charge < -0.3 is 74.2 Å². The summed E-state index contributed by atoms with van der Waals surface area (Å²) in [5, 5.41) is 32.3. The summed E-state index contributed by atoms with van der Waals surface area (Å²) in [6.07, 6.45) is 9.97. The van der Waals surface area contributed by atoms with Crippen LogP contribution in [0.3, 0.4) is 0 Å². The minimum atomic E-state index is -1.67. The van der Waals surface area contributed by atoms with Gasteiger partial charge in [-0.05, 0) is 49.8 Å². The SMILES string of the molecule is CCCCCCCCCCCCCCC(CC(=O)N[C@@H](CC(N)=O)C(=O)NC(Cc1ccc(O)cc1)C(=O)N[C@H](C=O)CCC(N)=O)ON[C@@H](CC(N)=O)C(=O)N[C@@H](CO)C(=O)N1CCC[C@H]1C(=O)N[C@H](C=O)CCC(N)=O. The van der Waals surface area contributed by atoms with E-state index in [1.54, 1.807) is 0 Å². The number of hydrogen-bond acceptors (Lipinski definition) is 16. The van der Waals surface area contributed by atoms with Gasteiger partial charge in [0, 0.05) is 25.8 Å². The maximum atomic E-state index is 13.9. The lowest BCUT2D eigenvalue weighted by molar-refractivity contribution is -0.145. The number of nitrogens with two attached hydrogens (primary N) is 4. The summed E-state index contributed by atoms with van der Waals surface area (Å²) in [6.45, 7) is 1.27. The van der Waals surface area contributed by atoms with E-state index in [2.05, 4.69) is 39.0 Å². The first-order chi connectivity index (χ1) is 37.2. The van der Waals surface area contributed by atoms with Gasteiger partial charge in [0.05, 0.1) is 44.1 Å². The molecule has 436 valence electrons. The molecule has 1 fully saturated rings. The van der Waals surface area contributed by atoms with Crippen molar-refractivity contribution in [2.75, 3.05) is 13.2 Å². The van der Waals surface area contributed by atoms with Crippen LogP contribution in [-0.4, -0.2) is 148 Å². The highest BCUT2D eigenvalue weighted by Crippen LogP contribution is 2.20. The van der Waals surface area contributed by atoms with E-state index in [9.17, 15) is 67.7 Å². The quantitative estimate of drug-likeness (QED) is 0.0207. The third-order valence-corrected chi connectivity index (χ3v) is 13.0. The standard InChI is InChI=1S/C52H83N11O15/c1-2-3-4-5-6-7-8-9-10-11-12-13-15-37(78-62-40(29-46(56)71)50(75)61-41(32-66)52(77)63-25-14-16-42(63)51(76)58-35(31-65)20-24-44(54)69)27-47(72)59-39(28-45(55)70)49(74)60-38(26-33-17-21-36(67)22-18-33)48(73)57-34(30-64)19-23-43(53)68/h17-18,21-22,30-31,34-35,37-42,62,66-67H,2-16,19-20,23-29,32H2,1H3,(H2,53,68)(H2,54,69)(H2,55,70)(H2,56,71)(H,57,73)(H,58,76)(H,59,72)(H,60,74)(H,61,75)/t34-,35-,37?,38?,39-,40-,41-,42-/m0/s1. The molecule has 1 aliphatic heterocycles. The normalized spacial score (nSPS) is 15.7. The first-order valence-electron chi connectivity index (χ1n) is 26.9. The average molecular weight is 1100 g/mol. The number of benzene rings is 1. The maximum Gasteiger partial charge on any atom is 0.248 e. The van der Waals surface area contributed by atoms with Gasteiger partial charge in [-0.2, -0.15) is 5.48 Å². The van der Waals surface area contributed by atoms with Gasteiger partial charge >= 0.3 is 0 Å². The van der Waals surface area contributed by atoms with Crippen LogP contribution in [0.4, 0.5) is 0 Å². The number of hydroxylamine groups is 1. The highest BCUT2D eigenvalue weighted by molar-refractivity contribution is 5.96. The Morgan fingerprint density at radius 1 is 0.615 bits per heavy atom. The zero-order valence-electron chi connectivity index (χ0n) is 44.7. The van der Waals surface area contributed by atoms with Gasteiger partial charge in [0.15, 0.2) is 0 Å². The Morgan fingerprint density at radius 2 is 1.12 bits per heavy atom. The molecular weight excluding hydrogens is 1020 g/mol. The smallest absolute Gasteiger partial charge is 0.248 e. The predicted octanol–water partition coefficient (Wildman–Crippen LogP) is -1.24. The van der Waals surface area contributed by atoms with Crippen molar-refractivity contribution in [3.05, 3.63) is 29.8 Å². The molecule has 1 saturated heterocycles. The summed E-state index contributed by atoms with van der Waals surface area (Å²) in [5.41, 5.74) is 24.3. The lowest BCUT2D eigenvalue weighted by Gasteiger charge is -2.29. The lowest BCUT2D eigenvalue weighted by Crippen LogP contribution is -2.58. The summed E-state index contributed by atoms with van der Waals surface area (Å²) in [6, 6.07) is -4.10. The molecule has 1 heterocycles. The molecule has 10 amide bonds. The number of phenolic OH excluding ortho intramolecular Hbond substituents is 1. The number of aliphatic hydroxyl groups excluding tert-OH is 1. The fraction of sp³-hybridized carbons (Fsp3) is 0.654. The van der Waals surface area contributed by atoms with Crippen molar-refractivity contribution < 1.29 is 72.6 Å². The van der Waals surface area contributed by atoms with E-state index in [-0.39, 0.29) is 57.2 Å². The molecule has 78 heavy (non-hydrogen) atoms. The number of unbranched alkanes of at least 4 members (excludes halogenated alkanes) is 11. The summed E-state index contributed by atoms with van der Waals surface area (Å²) in [7, 11) is 0. The van der Waals surface area contributed by atoms with Crippen molar-refractivity contribution in [2.45, 2.75) is 203 Å². The van der Waals surface area contributed by atoms with Crippen LogP contribution in [0.15, 0.2) is 24.3 Å². The number of aliphatic hydroxyl groups is 1. The maximum absolute atomic E-state index is 13.9. The molecule has 26 nitrogen and oxygen atoms in total. The van der Waals surface area contributed by atoms with Crippen LogP contribution in [0, 0.1) is 0 Å². The number of nitrogens with one attached hydrogen (secondary N) is 6. The summed E-state index contributed by atoms with van der Waals surface area (Å²) >= 11 is 0. The number of carbonyl (C=O) groups is 12. The molecule has 16 N–H and O–H groups in total. The van der Waals surface area contributed by atoms with Gasteiger partial charge in [0.2, 0.25) is 59.1 Å². The average Bonchev–Trinajstić information content (AvgIpc) is 3.89. The van der Waals surface area contributed by atoms with Crippen molar-refractivity contribution in [1.29, 1.82) is 0 Å². The van der Waals surface area contributed by atoms with Gasteiger partial charge in [0.25, 0.3) is 0 Å². The number of rotatable bonds is 43. The third-order valence-electron chi connectivity index (χ3n) is 13.0. The van der Waals surface area contributed by atoms with E-state index < -0.39 is 133 Å². The van der Waals surface area contributed by atoms with Gasteiger partial charge in [-0.25, -0.2) is 0 Å². The Balaban J connectivity index is 2.31.